The normalized spacial score (nSPS) is 27.8. The molecule has 2 heterocycles. The summed E-state index contributed by atoms with van der Waals surface area (Å²) in [5.41, 5.74) is 0.283. The third kappa shape index (κ3) is 1.76. The molecule has 2 fully saturated rings. The fraction of sp³-hybridized carbons (Fsp3) is 0.417. The molecule has 0 aromatic heterocycles. The molecule has 1 aromatic carbocycles. The number of ether oxygens (including phenoxy) is 1. The first-order chi connectivity index (χ1) is 8.19. The number of anilines is 1. The number of benzene rings is 1. The van der Waals surface area contributed by atoms with E-state index in [2.05, 4.69) is 5.32 Å². The van der Waals surface area contributed by atoms with Crippen LogP contribution in [0.2, 0.25) is 0 Å². The van der Waals surface area contributed by atoms with E-state index >= 15 is 0 Å². The molecule has 4 nitrogen and oxygen atoms in total. The van der Waals surface area contributed by atoms with Gasteiger partial charge in [0.2, 0.25) is 0 Å². The topological polar surface area (TPSA) is 41.6 Å². The second-order valence-corrected chi connectivity index (χ2v) is 4.54. The zero-order chi connectivity index (χ0) is 11.9. The van der Waals surface area contributed by atoms with Gasteiger partial charge in [-0.1, -0.05) is 0 Å². The van der Waals surface area contributed by atoms with Crippen molar-refractivity contribution in [3.63, 3.8) is 0 Å². The molecule has 1 N–H and O–H groups in total. The average molecular weight is 236 g/mol. The Morgan fingerprint density at radius 1 is 1.35 bits per heavy atom. The fourth-order valence-electron chi connectivity index (χ4n) is 2.39. The van der Waals surface area contributed by atoms with Gasteiger partial charge in [-0.2, -0.15) is 0 Å². The van der Waals surface area contributed by atoms with Crippen LogP contribution in [0, 0.1) is 5.82 Å². The Morgan fingerprint density at radius 3 is 2.76 bits per heavy atom. The van der Waals surface area contributed by atoms with Gasteiger partial charge in [0.15, 0.2) is 0 Å². The van der Waals surface area contributed by atoms with Crippen molar-refractivity contribution in [1.29, 1.82) is 0 Å². The van der Waals surface area contributed by atoms with Gasteiger partial charge in [-0.3, -0.25) is 4.90 Å². The number of rotatable bonds is 1. The zero-order valence-corrected chi connectivity index (χ0v) is 9.28. The SMILES string of the molecule is O=C1OC2(CCNC2)CN1c1ccc(F)cc1. The van der Waals surface area contributed by atoms with Gasteiger partial charge in [-0.25, -0.2) is 9.18 Å². The smallest absolute Gasteiger partial charge is 0.415 e. The van der Waals surface area contributed by atoms with Gasteiger partial charge in [-0.05, 0) is 30.8 Å². The second kappa shape index (κ2) is 3.70. The first-order valence-corrected chi connectivity index (χ1v) is 5.65. The van der Waals surface area contributed by atoms with Gasteiger partial charge in [0.1, 0.15) is 11.4 Å². The lowest BCUT2D eigenvalue weighted by atomic mass is 10.0. The monoisotopic (exact) mass is 236 g/mol. The summed E-state index contributed by atoms with van der Waals surface area (Å²) in [4.78, 5) is 13.4. The van der Waals surface area contributed by atoms with E-state index in [4.69, 9.17) is 4.74 Å². The number of nitrogens with one attached hydrogen (secondary N) is 1. The average Bonchev–Trinajstić information content (AvgIpc) is 2.88. The van der Waals surface area contributed by atoms with Crippen molar-refractivity contribution in [2.24, 2.45) is 0 Å². The predicted molar refractivity (Wildman–Crippen MR) is 60.4 cm³/mol. The van der Waals surface area contributed by atoms with Crippen LogP contribution in [0.5, 0.6) is 0 Å². The van der Waals surface area contributed by atoms with E-state index in [1.807, 2.05) is 0 Å². The Hall–Kier alpha value is -1.62. The number of carbonyl (C=O) groups excluding carboxylic acids is 1. The highest BCUT2D eigenvalue weighted by Gasteiger charge is 2.47. The maximum atomic E-state index is 12.8. The van der Waals surface area contributed by atoms with Gasteiger partial charge in [0, 0.05) is 18.7 Å². The molecule has 2 aliphatic rings. The lowest BCUT2D eigenvalue weighted by molar-refractivity contribution is 0.0733. The highest BCUT2D eigenvalue weighted by molar-refractivity contribution is 5.90. The van der Waals surface area contributed by atoms with E-state index in [9.17, 15) is 9.18 Å². The van der Waals surface area contributed by atoms with Crippen LogP contribution in [0.15, 0.2) is 24.3 Å². The number of nitrogens with zero attached hydrogens (tertiary/aromatic N) is 1. The number of halogens is 1. The van der Waals surface area contributed by atoms with Crippen molar-refractivity contribution in [3.05, 3.63) is 30.1 Å². The summed E-state index contributed by atoms with van der Waals surface area (Å²) in [6, 6.07) is 5.89. The first-order valence-electron chi connectivity index (χ1n) is 5.65. The quantitative estimate of drug-likeness (QED) is 0.803. The predicted octanol–water partition coefficient (Wildman–Crippen LogP) is 1.51. The van der Waals surface area contributed by atoms with Gasteiger partial charge in [0.05, 0.1) is 6.54 Å². The molecular formula is C12H13FN2O2. The highest BCUT2D eigenvalue weighted by Crippen LogP contribution is 2.31. The zero-order valence-electron chi connectivity index (χ0n) is 9.28. The highest BCUT2D eigenvalue weighted by atomic mass is 19.1. The van der Waals surface area contributed by atoms with E-state index < -0.39 is 5.60 Å². The Kier molecular flexibility index (Phi) is 2.29. The Labute approximate surface area is 98.4 Å². The van der Waals surface area contributed by atoms with Crippen molar-refractivity contribution >= 4 is 11.8 Å². The second-order valence-electron chi connectivity index (χ2n) is 4.54. The third-order valence-corrected chi connectivity index (χ3v) is 3.31. The van der Waals surface area contributed by atoms with Crippen molar-refractivity contribution in [1.82, 2.24) is 5.32 Å². The fourth-order valence-corrected chi connectivity index (χ4v) is 2.39. The van der Waals surface area contributed by atoms with E-state index in [-0.39, 0.29) is 11.9 Å². The first kappa shape index (κ1) is 10.5. The molecule has 1 spiro atoms. The summed E-state index contributed by atoms with van der Waals surface area (Å²) in [5, 5.41) is 3.19. The molecule has 0 aliphatic carbocycles. The molecule has 0 radical (unpaired) electrons. The summed E-state index contributed by atoms with van der Waals surface area (Å²) in [7, 11) is 0. The van der Waals surface area contributed by atoms with Crippen molar-refractivity contribution in [2.45, 2.75) is 12.0 Å². The van der Waals surface area contributed by atoms with Crippen molar-refractivity contribution in [2.75, 3.05) is 24.5 Å². The minimum Gasteiger partial charge on any atom is -0.439 e. The molecule has 1 aromatic rings. The van der Waals surface area contributed by atoms with Gasteiger partial charge < -0.3 is 10.1 Å². The molecule has 1 atom stereocenters. The van der Waals surface area contributed by atoms with Crippen LogP contribution in [-0.2, 0) is 4.74 Å². The number of hydrogen-bond donors (Lipinski definition) is 1. The summed E-state index contributed by atoms with van der Waals surface area (Å²) in [5.74, 6) is -0.307. The summed E-state index contributed by atoms with van der Waals surface area (Å²) in [6.07, 6.45) is 0.483. The number of amides is 1. The summed E-state index contributed by atoms with van der Waals surface area (Å²) >= 11 is 0. The maximum absolute atomic E-state index is 12.8. The molecule has 0 saturated carbocycles. The molecule has 3 rings (SSSR count). The minimum absolute atomic E-state index is 0.307. The van der Waals surface area contributed by atoms with Crippen LogP contribution in [0.1, 0.15) is 6.42 Å². The van der Waals surface area contributed by atoms with Crippen LogP contribution < -0.4 is 10.2 Å². The van der Waals surface area contributed by atoms with Gasteiger partial charge >= 0.3 is 6.09 Å². The molecule has 90 valence electrons. The molecule has 17 heavy (non-hydrogen) atoms. The molecular weight excluding hydrogens is 223 g/mol. The number of hydrogen-bond acceptors (Lipinski definition) is 3. The summed E-state index contributed by atoms with van der Waals surface area (Å²) in [6.45, 7) is 2.09. The summed E-state index contributed by atoms with van der Waals surface area (Å²) < 4.78 is 18.3. The molecule has 1 amide bonds. The largest absolute Gasteiger partial charge is 0.439 e. The molecule has 0 bridgehead atoms. The van der Waals surface area contributed by atoms with E-state index in [1.165, 1.54) is 12.1 Å². The molecule has 2 saturated heterocycles. The van der Waals surface area contributed by atoms with Crippen LogP contribution in [0.25, 0.3) is 0 Å². The Morgan fingerprint density at radius 2 is 2.12 bits per heavy atom. The Bertz CT molecular complexity index is 440. The van der Waals surface area contributed by atoms with Crippen molar-refractivity contribution < 1.29 is 13.9 Å². The van der Waals surface area contributed by atoms with Crippen LogP contribution >= 0.6 is 0 Å². The molecule has 2 aliphatic heterocycles. The lowest BCUT2D eigenvalue weighted by Crippen LogP contribution is -2.36. The maximum Gasteiger partial charge on any atom is 0.415 e. The lowest BCUT2D eigenvalue weighted by Gasteiger charge is -2.19. The Balaban J connectivity index is 1.85. The number of carbonyl (C=O) groups is 1. The molecule has 5 heteroatoms. The van der Waals surface area contributed by atoms with Crippen LogP contribution in [0.4, 0.5) is 14.9 Å². The van der Waals surface area contributed by atoms with Gasteiger partial charge in [-0.15, -0.1) is 0 Å². The standard InChI is InChI=1S/C12H13FN2O2/c13-9-1-3-10(4-2-9)15-8-12(17-11(15)16)5-6-14-7-12/h1-4,14H,5-8H2. The van der Waals surface area contributed by atoms with Crippen molar-refractivity contribution in [3.8, 4) is 0 Å². The third-order valence-electron chi connectivity index (χ3n) is 3.31. The van der Waals surface area contributed by atoms with Crippen LogP contribution in [-0.4, -0.2) is 31.3 Å². The van der Waals surface area contributed by atoms with E-state index in [0.717, 1.165) is 13.0 Å². The van der Waals surface area contributed by atoms with E-state index in [0.29, 0.717) is 18.8 Å². The van der Waals surface area contributed by atoms with Crippen LogP contribution in [0.3, 0.4) is 0 Å². The minimum atomic E-state index is -0.397. The van der Waals surface area contributed by atoms with E-state index in [1.54, 1.807) is 17.0 Å². The molecule has 1 unspecified atom stereocenters. The van der Waals surface area contributed by atoms with Gasteiger partial charge in [0.25, 0.3) is 0 Å².